The van der Waals surface area contributed by atoms with E-state index in [1.54, 1.807) is 12.1 Å². The summed E-state index contributed by atoms with van der Waals surface area (Å²) in [6.45, 7) is 5.01. The van der Waals surface area contributed by atoms with Crippen LogP contribution < -0.4 is 0 Å². The highest BCUT2D eigenvalue weighted by molar-refractivity contribution is 5.95. The van der Waals surface area contributed by atoms with E-state index >= 15 is 0 Å². The van der Waals surface area contributed by atoms with Crippen molar-refractivity contribution in [2.45, 2.75) is 6.42 Å². The number of hydrogen-bond acceptors (Lipinski definition) is 3. The molecule has 0 radical (unpaired) electrons. The fraction of sp³-hybridized carbons (Fsp3) is 0.250. The Labute approximate surface area is 88.7 Å². The Kier molecular flexibility index (Phi) is 2.72. The van der Waals surface area contributed by atoms with E-state index in [9.17, 15) is 5.11 Å². The molecule has 0 saturated heterocycles. The highest BCUT2D eigenvalue weighted by Gasteiger charge is 2.11. The Morgan fingerprint density at radius 3 is 3.07 bits per heavy atom. The van der Waals surface area contributed by atoms with E-state index in [0.717, 1.165) is 11.1 Å². The maximum absolute atomic E-state index is 9.58. The van der Waals surface area contributed by atoms with Gasteiger partial charge >= 0.3 is 0 Å². The maximum Gasteiger partial charge on any atom is 0.216 e. The van der Waals surface area contributed by atoms with Gasteiger partial charge in [-0.2, -0.15) is 0 Å². The molecule has 15 heavy (non-hydrogen) atoms. The topological polar surface area (TPSA) is 41.8 Å². The quantitative estimate of drug-likeness (QED) is 0.762. The van der Waals surface area contributed by atoms with Crippen LogP contribution in [0, 0.1) is 0 Å². The molecule has 0 atom stereocenters. The summed E-state index contributed by atoms with van der Waals surface area (Å²) in [4.78, 5) is 4.22. The van der Waals surface area contributed by atoms with Crippen molar-refractivity contribution in [1.82, 2.24) is 0 Å². The Hall–Kier alpha value is -1.77. The van der Waals surface area contributed by atoms with Gasteiger partial charge in [-0.25, -0.2) is 4.99 Å². The van der Waals surface area contributed by atoms with Crippen molar-refractivity contribution >= 4 is 5.90 Å². The predicted octanol–water partition coefficient (Wildman–Crippen LogP) is 1.90. The summed E-state index contributed by atoms with van der Waals surface area (Å²) in [7, 11) is 0. The van der Waals surface area contributed by atoms with Crippen molar-refractivity contribution in [3.05, 3.63) is 42.0 Å². The molecular formula is C12H13NO2. The monoisotopic (exact) mass is 203 g/mol. The Morgan fingerprint density at radius 1 is 1.53 bits per heavy atom. The van der Waals surface area contributed by atoms with Crippen LogP contribution in [0.1, 0.15) is 11.1 Å². The van der Waals surface area contributed by atoms with Gasteiger partial charge in [0.1, 0.15) is 12.4 Å². The second-order valence-electron chi connectivity index (χ2n) is 3.37. The van der Waals surface area contributed by atoms with Crippen molar-refractivity contribution in [1.29, 1.82) is 0 Å². The van der Waals surface area contributed by atoms with Crippen LogP contribution in [0.5, 0.6) is 5.75 Å². The lowest BCUT2D eigenvalue weighted by Crippen LogP contribution is -2.01. The first-order valence-electron chi connectivity index (χ1n) is 4.91. The molecule has 0 aliphatic carbocycles. The van der Waals surface area contributed by atoms with Gasteiger partial charge in [0.2, 0.25) is 5.90 Å². The van der Waals surface area contributed by atoms with E-state index in [-0.39, 0.29) is 5.75 Å². The average molecular weight is 203 g/mol. The van der Waals surface area contributed by atoms with Crippen molar-refractivity contribution in [3.63, 3.8) is 0 Å². The van der Waals surface area contributed by atoms with Gasteiger partial charge in [-0.3, -0.25) is 0 Å². The normalized spacial score (nSPS) is 14.5. The first kappa shape index (κ1) is 9.77. The van der Waals surface area contributed by atoms with Crippen LogP contribution in [-0.2, 0) is 11.2 Å². The molecule has 78 valence electrons. The third kappa shape index (κ3) is 2.01. The van der Waals surface area contributed by atoms with Gasteiger partial charge in [0, 0.05) is 5.56 Å². The molecule has 1 heterocycles. The van der Waals surface area contributed by atoms with Crippen LogP contribution in [0.25, 0.3) is 0 Å². The summed E-state index contributed by atoms with van der Waals surface area (Å²) in [6.07, 6.45) is 2.41. The summed E-state index contributed by atoms with van der Waals surface area (Å²) in [5.74, 6) is 0.956. The zero-order valence-corrected chi connectivity index (χ0v) is 8.44. The highest BCUT2D eigenvalue weighted by atomic mass is 16.5. The minimum atomic E-state index is 0.289. The smallest absolute Gasteiger partial charge is 0.216 e. The largest absolute Gasteiger partial charge is 0.508 e. The first-order chi connectivity index (χ1) is 7.31. The van der Waals surface area contributed by atoms with Crippen LogP contribution in [0.3, 0.4) is 0 Å². The number of aliphatic imine (C=N–C) groups is 1. The molecule has 3 nitrogen and oxygen atoms in total. The van der Waals surface area contributed by atoms with Crippen molar-refractivity contribution in [2.24, 2.45) is 4.99 Å². The van der Waals surface area contributed by atoms with Crippen LogP contribution in [0.15, 0.2) is 35.8 Å². The van der Waals surface area contributed by atoms with Gasteiger partial charge in [0.25, 0.3) is 0 Å². The summed E-state index contributed by atoms with van der Waals surface area (Å²) in [6, 6.07) is 5.37. The van der Waals surface area contributed by atoms with Crippen LogP contribution in [0.4, 0.5) is 0 Å². The summed E-state index contributed by atoms with van der Waals surface area (Å²) < 4.78 is 5.35. The minimum absolute atomic E-state index is 0.289. The van der Waals surface area contributed by atoms with E-state index in [0.29, 0.717) is 25.5 Å². The Bertz CT molecular complexity index is 410. The standard InChI is InChI=1S/C12H13NO2/c1-2-3-9-8-10(4-5-11(9)14)12-13-6-7-15-12/h2,4-5,8,14H,1,3,6-7H2. The third-order valence-electron chi connectivity index (χ3n) is 2.28. The number of allylic oxidation sites excluding steroid dienone is 1. The third-order valence-corrected chi connectivity index (χ3v) is 2.28. The molecule has 1 aromatic rings. The van der Waals surface area contributed by atoms with Gasteiger partial charge in [0.05, 0.1) is 6.54 Å². The van der Waals surface area contributed by atoms with E-state index in [2.05, 4.69) is 11.6 Å². The SMILES string of the molecule is C=CCc1cc(C2=NCCO2)ccc1O. The number of benzene rings is 1. The van der Waals surface area contributed by atoms with Crippen LogP contribution in [0.2, 0.25) is 0 Å². The fourth-order valence-corrected chi connectivity index (χ4v) is 1.55. The highest BCUT2D eigenvalue weighted by Crippen LogP contribution is 2.20. The van der Waals surface area contributed by atoms with Crippen molar-refractivity contribution in [2.75, 3.05) is 13.2 Å². The summed E-state index contributed by atoms with van der Waals surface area (Å²) in [5.41, 5.74) is 1.77. The lowest BCUT2D eigenvalue weighted by Gasteiger charge is -2.05. The molecule has 0 spiro atoms. The zero-order valence-electron chi connectivity index (χ0n) is 8.44. The molecule has 1 aliphatic heterocycles. The molecule has 1 N–H and O–H groups in total. The second-order valence-corrected chi connectivity index (χ2v) is 3.37. The number of ether oxygens (including phenoxy) is 1. The Balaban J connectivity index is 2.33. The maximum atomic E-state index is 9.58. The molecule has 0 amide bonds. The predicted molar refractivity (Wildman–Crippen MR) is 59.4 cm³/mol. The van der Waals surface area contributed by atoms with E-state index < -0.39 is 0 Å². The van der Waals surface area contributed by atoms with E-state index in [1.807, 2.05) is 12.1 Å². The Morgan fingerprint density at radius 2 is 2.40 bits per heavy atom. The molecule has 2 rings (SSSR count). The zero-order chi connectivity index (χ0) is 10.7. The lowest BCUT2D eigenvalue weighted by molar-refractivity contribution is 0.348. The summed E-state index contributed by atoms with van der Waals surface area (Å²) >= 11 is 0. The number of phenols is 1. The fourth-order valence-electron chi connectivity index (χ4n) is 1.55. The number of aromatic hydroxyl groups is 1. The average Bonchev–Trinajstić information content (AvgIpc) is 2.75. The van der Waals surface area contributed by atoms with Crippen molar-refractivity contribution in [3.8, 4) is 5.75 Å². The molecule has 0 bridgehead atoms. The number of nitrogens with zero attached hydrogens (tertiary/aromatic N) is 1. The van der Waals surface area contributed by atoms with Crippen LogP contribution in [-0.4, -0.2) is 24.2 Å². The number of hydrogen-bond donors (Lipinski definition) is 1. The van der Waals surface area contributed by atoms with Gasteiger partial charge in [-0.15, -0.1) is 6.58 Å². The molecular weight excluding hydrogens is 190 g/mol. The van der Waals surface area contributed by atoms with Gasteiger partial charge in [-0.1, -0.05) is 6.08 Å². The molecule has 1 aromatic carbocycles. The molecule has 0 unspecified atom stereocenters. The molecule has 1 aliphatic rings. The first-order valence-corrected chi connectivity index (χ1v) is 4.91. The van der Waals surface area contributed by atoms with Crippen molar-refractivity contribution < 1.29 is 9.84 Å². The molecule has 3 heteroatoms. The molecule has 0 saturated carbocycles. The van der Waals surface area contributed by atoms with E-state index in [1.165, 1.54) is 0 Å². The van der Waals surface area contributed by atoms with Gasteiger partial charge < -0.3 is 9.84 Å². The minimum Gasteiger partial charge on any atom is -0.508 e. The number of rotatable bonds is 3. The summed E-state index contributed by atoms with van der Waals surface area (Å²) in [5, 5.41) is 9.58. The lowest BCUT2D eigenvalue weighted by atomic mass is 10.1. The van der Waals surface area contributed by atoms with Gasteiger partial charge in [0.15, 0.2) is 0 Å². The molecule has 0 fully saturated rings. The van der Waals surface area contributed by atoms with Gasteiger partial charge in [-0.05, 0) is 30.2 Å². The second kappa shape index (κ2) is 4.17. The number of phenolic OH excluding ortho intramolecular Hbond substituents is 1. The molecule has 0 aromatic heterocycles. The van der Waals surface area contributed by atoms with Crippen LogP contribution >= 0.6 is 0 Å². The van der Waals surface area contributed by atoms with E-state index in [4.69, 9.17) is 4.74 Å².